The first-order chi connectivity index (χ1) is 24.8. The smallest absolute Gasteiger partial charge is 0.00134 e. The van der Waals surface area contributed by atoms with Gasteiger partial charge in [-0.05, 0) is 115 Å². The van der Waals surface area contributed by atoms with Gasteiger partial charge in [0.15, 0.2) is 0 Å². The molecular formula is C50H30. The lowest BCUT2D eigenvalue weighted by Gasteiger charge is -2.22. The summed E-state index contributed by atoms with van der Waals surface area (Å²) >= 11 is 0. The van der Waals surface area contributed by atoms with E-state index < -0.39 is 0 Å². The molecule has 0 aliphatic rings. The van der Waals surface area contributed by atoms with Crippen molar-refractivity contribution in [3.8, 4) is 33.4 Å². The van der Waals surface area contributed by atoms with Gasteiger partial charge in [-0.2, -0.15) is 0 Å². The second kappa shape index (κ2) is 10.5. The van der Waals surface area contributed by atoms with Crippen LogP contribution in [0.5, 0.6) is 0 Å². The molecule has 0 aliphatic carbocycles. The van der Waals surface area contributed by atoms with Gasteiger partial charge in [0, 0.05) is 0 Å². The molecule has 0 amide bonds. The molecule has 0 unspecified atom stereocenters. The van der Waals surface area contributed by atoms with Gasteiger partial charge in [-0.3, -0.25) is 0 Å². The van der Waals surface area contributed by atoms with Crippen molar-refractivity contribution in [2.75, 3.05) is 0 Å². The normalized spacial score (nSPS) is 12.0. The van der Waals surface area contributed by atoms with E-state index in [0.29, 0.717) is 0 Å². The van der Waals surface area contributed by atoms with Crippen molar-refractivity contribution < 1.29 is 0 Å². The molecule has 0 saturated carbocycles. The molecule has 0 heterocycles. The molecule has 0 spiro atoms. The molecule has 0 fully saturated rings. The van der Waals surface area contributed by atoms with E-state index in [1.165, 1.54) is 109 Å². The van der Waals surface area contributed by atoms with Crippen molar-refractivity contribution in [3.05, 3.63) is 182 Å². The van der Waals surface area contributed by atoms with E-state index in [-0.39, 0.29) is 0 Å². The summed E-state index contributed by atoms with van der Waals surface area (Å²) < 4.78 is 0. The van der Waals surface area contributed by atoms with Crippen molar-refractivity contribution >= 4 is 75.4 Å². The molecule has 11 aromatic carbocycles. The van der Waals surface area contributed by atoms with Gasteiger partial charge in [0.1, 0.15) is 0 Å². The van der Waals surface area contributed by atoms with Crippen LogP contribution >= 0.6 is 0 Å². The van der Waals surface area contributed by atoms with Crippen molar-refractivity contribution in [3.63, 3.8) is 0 Å². The summed E-state index contributed by atoms with van der Waals surface area (Å²) in [6.07, 6.45) is 0. The second-order valence-corrected chi connectivity index (χ2v) is 13.5. The number of benzene rings is 11. The zero-order valence-corrected chi connectivity index (χ0v) is 27.3. The van der Waals surface area contributed by atoms with Gasteiger partial charge in [-0.1, -0.05) is 176 Å². The lowest BCUT2D eigenvalue weighted by Crippen LogP contribution is -1.94. The summed E-state index contributed by atoms with van der Waals surface area (Å²) in [5.41, 5.74) is 7.60. The van der Waals surface area contributed by atoms with Crippen LogP contribution in [0.15, 0.2) is 182 Å². The Bertz CT molecular complexity index is 3120. The van der Waals surface area contributed by atoms with E-state index in [1.807, 2.05) is 0 Å². The fourth-order valence-corrected chi connectivity index (χ4v) is 8.93. The highest BCUT2D eigenvalue weighted by molar-refractivity contribution is 6.44. The maximum atomic E-state index is 2.42. The SMILES string of the molecule is c1ccc(-c2ccc(-c3c4ccccc4c4c5ccc(-c6ccccc6)c6cc7ccccc7c(c7cccc3c74)c65)c3ccccc23)cc1. The Kier molecular flexibility index (Phi) is 5.76. The van der Waals surface area contributed by atoms with Gasteiger partial charge in [-0.25, -0.2) is 0 Å². The molecule has 0 atom stereocenters. The summed E-state index contributed by atoms with van der Waals surface area (Å²) in [6, 6.07) is 67.4. The molecule has 0 aromatic heterocycles. The number of rotatable bonds is 3. The van der Waals surface area contributed by atoms with Gasteiger partial charge in [0.05, 0.1) is 0 Å². The van der Waals surface area contributed by atoms with Crippen LogP contribution in [-0.4, -0.2) is 0 Å². The Morgan fingerprint density at radius 1 is 0.220 bits per heavy atom. The summed E-state index contributed by atoms with van der Waals surface area (Å²) in [5.74, 6) is 0. The minimum absolute atomic E-state index is 1.24. The maximum Gasteiger partial charge on any atom is -0.00134 e. The largest absolute Gasteiger partial charge is 0.0622 e. The van der Waals surface area contributed by atoms with E-state index in [4.69, 9.17) is 0 Å². The first kappa shape index (κ1) is 27.5. The quantitative estimate of drug-likeness (QED) is 0.135. The van der Waals surface area contributed by atoms with E-state index >= 15 is 0 Å². The topological polar surface area (TPSA) is 0 Å². The maximum absolute atomic E-state index is 2.42. The molecule has 0 radical (unpaired) electrons. The molecule has 0 saturated heterocycles. The summed E-state index contributed by atoms with van der Waals surface area (Å²) in [6.45, 7) is 0. The lowest BCUT2D eigenvalue weighted by molar-refractivity contribution is 1.65. The van der Waals surface area contributed by atoms with Crippen LogP contribution in [0, 0.1) is 0 Å². The van der Waals surface area contributed by atoms with Gasteiger partial charge in [0.25, 0.3) is 0 Å². The fraction of sp³-hybridized carbons (Fsp3) is 0. The molecule has 0 nitrogen and oxygen atoms in total. The molecule has 0 N–H and O–H groups in total. The first-order valence-corrected chi connectivity index (χ1v) is 17.4. The standard InChI is InChI=1S/C50H30/c1-3-14-31(15-4-1)34-26-28-41(38-21-10-9-20-37(34)38)46-39-22-11-12-23-40(39)48-44-29-27-35(32-16-5-2-6-17-32)45-30-33-18-7-8-19-36(33)47(50(44)45)43-25-13-24-42(46)49(43)48/h1-30H. The van der Waals surface area contributed by atoms with E-state index in [9.17, 15) is 0 Å². The van der Waals surface area contributed by atoms with Crippen LogP contribution in [0.1, 0.15) is 0 Å². The second-order valence-electron chi connectivity index (χ2n) is 13.5. The van der Waals surface area contributed by atoms with Crippen LogP contribution in [0.2, 0.25) is 0 Å². The van der Waals surface area contributed by atoms with Gasteiger partial charge in [-0.15, -0.1) is 0 Å². The van der Waals surface area contributed by atoms with Crippen LogP contribution < -0.4 is 0 Å². The van der Waals surface area contributed by atoms with E-state index in [1.54, 1.807) is 0 Å². The third-order valence-electron chi connectivity index (χ3n) is 11.0. The minimum atomic E-state index is 1.24. The Balaban J connectivity index is 1.36. The predicted octanol–water partition coefficient (Wildman–Crippen LogP) is 14.2. The minimum Gasteiger partial charge on any atom is -0.0622 e. The van der Waals surface area contributed by atoms with E-state index in [2.05, 4.69) is 182 Å². The third-order valence-corrected chi connectivity index (χ3v) is 11.0. The highest BCUT2D eigenvalue weighted by Gasteiger charge is 2.23. The van der Waals surface area contributed by atoms with Crippen LogP contribution in [0.3, 0.4) is 0 Å². The molecule has 50 heavy (non-hydrogen) atoms. The Hall–Kier alpha value is -6.50. The highest BCUT2D eigenvalue weighted by atomic mass is 14.3. The van der Waals surface area contributed by atoms with Crippen molar-refractivity contribution in [1.82, 2.24) is 0 Å². The lowest BCUT2D eigenvalue weighted by atomic mass is 9.80. The van der Waals surface area contributed by atoms with Crippen LogP contribution in [0.4, 0.5) is 0 Å². The van der Waals surface area contributed by atoms with Gasteiger partial charge >= 0.3 is 0 Å². The highest BCUT2D eigenvalue weighted by Crippen LogP contribution is 2.51. The Morgan fingerprint density at radius 2 is 0.660 bits per heavy atom. The molecule has 11 aromatic rings. The van der Waals surface area contributed by atoms with Gasteiger partial charge < -0.3 is 0 Å². The first-order valence-electron chi connectivity index (χ1n) is 17.4. The average molecular weight is 631 g/mol. The van der Waals surface area contributed by atoms with Crippen molar-refractivity contribution in [2.45, 2.75) is 0 Å². The number of hydrogen-bond donors (Lipinski definition) is 0. The molecule has 11 rings (SSSR count). The van der Waals surface area contributed by atoms with Crippen LogP contribution in [-0.2, 0) is 0 Å². The van der Waals surface area contributed by atoms with Crippen molar-refractivity contribution in [1.29, 1.82) is 0 Å². The number of hydrogen-bond acceptors (Lipinski definition) is 0. The fourth-order valence-electron chi connectivity index (χ4n) is 8.93. The van der Waals surface area contributed by atoms with Gasteiger partial charge in [0.2, 0.25) is 0 Å². The molecular weight excluding hydrogens is 601 g/mol. The molecule has 0 aliphatic heterocycles. The van der Waals surface area contributed by atoms with Crippen LogP contribution in [0.25, 0.3) is 109 Å². The summed E-state index contributed by atoms with van der Waals surface area (Å²) in [4.78, 5) is 0. The summed E-state index contributed by atoms with van der Waals surface area (Å²) in [5, 5.41) is 18.3. The average Bonchev–Trinajstić information content (AvgIpc) is 3.19. The Morgan fingerprint density at radius 3 is 1.40 bits per heavy atom. The third kappa shape index (κ3) is 3.76. The monoisotopic (exact) mass is 630 g/mol. The zero-order chi connectivity index (χ0) is 32.8. The zero-order valence-electron chi connectivity index (χ0n) is 27.3. The number of fused-ring (bicyclic) bond motifs is 7. The molecule has 0 bridgehead atoms. The Labute approximate surface area is 289 Å². The molecule has 230 valence electrons. The van der Waals surface area contributed by atoms with E-state index in [0.717, 1.165) is 0 Å². The predicted molar refractivity (Wildman–Crippen MR) is 216 cm³/mol. The summed E-state index contributed by atoms with van der Waals surface area (Å²) in [7, 11) is 0. The van der Waals surface area contributed by atoms with Crippen molar-refractivity contribution in [2.24, 2.45) is 0 Å². The molecule has 0 heteroatoms.